The molecule has 1 fully saturated rings. The maximum Gasteiger partial charge on any atom is 0.250 e. The summed E-state index contributed by atoms with van der Waals surface area (Å²) in [5.41, 5.74) is 1.24. The molecular formula is C20H25N3O2. The van der Waals surface area contributed by atoms with E-state index in [-0.39, 0.29) is 17.5 Å². The van der Waals surface area contributed by atoms with Crippen LogP contribution in [0.4, 0.5) is 0 Å². The molecule has 0 aliphatic carbocycles. The average molecular weight is 339 g/mol. The monoisotopic (exact) mass is 339 g/mol. The van der Waals surface area contributed by atoms with E-state index in [1.165, 1.54) is 11.6 Å². The molecule has 1 aromatic heterocycles. The molecule has 1 aromatic carbocycles. The van der Waals surface area contributed by atoms with E-state index in [0.29, 0.717) is 13.0 Å². The van der Waals surface area contributed by atoms with E-state index in [9.17, 15) is 9.59 Å². The summed E-state index contributed by atoms with van der Waals surface area (Å²) in [6.45, 7) is 5.98. The summed E-state index contributed by atoms with van der Waals surface area (Å²) in [5, 5.41) is 0. The number of carbonyl (C=O) groups is 1. The molecule has 3 rings (SSSR count). The van der Waals surface area contributed by atoms with Crippen LogP contribution in [0.25, 0.3) is 0 Å². The van der Waals surface area contributed by atoms with Crippen LogP contribution in [0.15, 0.2) is 59.5 Å². The lowest BCUT2D eigenvalue weighted by molar-refractivity contribution is -0.136. The van der Waals surface area contributed by atoms with Crippen molar-refractivity contribution in [1.29, 1.82) is 0 Å². The van der Waals surface area contributed by atoms with Crippen LogP contribution in [0.3, 0.4) is 0 Å². The van der Waals surface area contributed by atoms with Crippen molar-refractivity contribution in [3.8, 4) is 0 Å². The van der Waals surface area contributed by atoms with Crippen molar-refractivity contribution in [2.24, 2.45) is 0 Å². The number of amides is 1. The molecule has 1 amide bonds. The highest BCUT2D eigenvalue weighted by Gasteiger charge is 2.27. The second kappa shape index (κ2) is 8.12. The number of piperazine rings is 1. The first-order valence-corrected chi connectivity index (χ1v) is 8.85. The van der Waals surface area contributed by atoms with Crippen LogP contribution in [0, 0.1) is 0 Å². The van der Waals surface area contributed by atoms with Crippen LogP contribution in [0.1, 0.15) is 18.9 Å². The maximum atomic E-state index is 12.6. The van der Waals surface area contributed by atoms with Crippen molar-refractivity contribution >= 4 is 5.91 Å². The fourth-order valence-corrected chi connectivity index (χ4v) is 3.39. The van der Waals surface area contributed by atoms with Crippen LogP contribution in [0.2, 0.25) is 0 Å². The maximum absolute atomic E-state index is 12.6. The minimum absolute atomic E-state index is 0.0592. The largest absolute Gasteiger partial charge is 0.337 e. The molecule has 0 spiro atoms. The number of aromatic nitrogens is 1. The van der Waals surface area contributed by atoms with Crippen LogP contribution >= 0.6 is 0 Å². The molecule has 0 radical (unpaired) electrons. The average Bonchev–Trinajstić information content (AvgIpc) is 2.62. The van der Waals surface area contributed by atoms with Crippen molar-refractivity contribution in [2.75, 3.05) is 19.6 Å². The van der Waals surface area contributed by atoms with E-state index >= 15 is 0 Å². The zero-order chi connectivity index (χ0) is 17.6. The lowest BCUT2D eigenvalue weighted by Gasteiger charge is -2.40. The molecule has 1 saturated heterocycles. The second-order valence-electron chi connectivity index (χ2n) is 6.64. The first-order chi connectivity index (χ1) is 12.1. The molecule has 1 aliphatic rings. The van der Waals surface area contributed by atoms with Gasteiger partial charge in [0.1, 0.15) is 0 Å². The zero-order valence-corrected chi connectivity index (χ0v) is 14.7. The van der Waals surface area contributed by atoms with E-state index in [0.717, 1.165) is 26.2 Å². The van der Waals surface area contributed by atoms with Crippen molar-refractivity contribution in [1.82, 2.24) is 14.4 Å². The van der Waals surface area contributed by atoms with Crippen molar-refractivity contribution in [2.45, 2.75) is 32.5 Å². The molecule has 1 atom stereocenters. The van der Waals surface area contributed by atoms with Gasteiger partial charge in [0.25, 0.3) is 5.56 Å². The lowest BCUT2D eigenvalue weighted by atomic mass is 10.1. The zero-order valence-electron chi connectivity index (χ0n) is 14.7. The Morgan fingerprint density at radius 2 is 1.84 bits per heavy atom. The van der Waals surface area contributed by atoms with Crippen LogP contribution in [-0.2, 0) is 17.9 Å². The number of rotatable bonds is 5. The topological polar surface area (TPSA) is 45.5 Å². The molecule has 2 aromatic rings. The van der Waals surface area contributed by atoms with Crippen LogP contribution in [-0.4, -0.2) is 46.0 Å². The van der Waals surface area contributed by atoms with Gasteiger partial charge in [-0.15, -0.1) is 0 Å². The highest BCUT2D eigenvalue weighted by molar-refractivity contribution is 5.76. The Kier molecular flexibility index (Phi) is 5.66. The predicted octanol–water partition coefficient (Wildman–Crippen LogP) is 1.97. The molecule has 0 saturated carbocycles. The number of carbonyl (C=O) groups excluding carboxylic acids is 1. The van der Waals surface area contributed by atoms with Gasteiger partial charge in [0.15, 0.2) is 0 Å². The van der Waals surface area contributed by atoms with Gasteiger partial charge in [0, 0.05) is 57.4 Å². The Hall–Kier alpha value is -2.40. The molecular weight excluding hydrogens is 314 g/mol. The standard InChI is InChI=1S/C20H25N3O2/c1-17-15-21(16-18-7-3-2-4-8-18)13-14-23(17)20(25)10-12-22-11-6-5-9-19(22)24/h2-9,11,17H,10,12-16H2,1H3/t17-/m0/s1. The Labute approximate surface area is 148 Å². The molecule has 0 bridgehead atoms. The molecule has 25 heavy (non-hydrogen) atoms. The van der Waals surface area contributed by atoms with Crippen LogP contribution in [0.5, 0.6) is 0 Å². The molecule has 132 valence electrons. The molecule has 5 nitrogen and oxygen atoms in total. The Morgan fingerprint density at radius 3 is 2.56 bits per heavy atom. The molecule has 0 N–H and O–H groups in total. The van der Waals surface area contributed by atoms with Gasteiger partial charge in [-0.1, -0.05) is 36.4 Å². The van der Waals surface area contributed by atoms with Gasteiger partial charge in [0.2, 0.25) is 5.91 Å². The van der Waals surface area contributed by atoms with Crippen molar-refractivity contribution in [3.05, 3.63) is 70.6 Å². The Morgan fingerprint density at radius 1 is 1.08 bits per heavy atom. The number of aryl methyl sites for hydroxylation is 1. The quantitative estimate of drug-likeness (QED) is 0.837. The smallest absolute Gasteiger partial charge is 0.250 e. The Bertz CT molecular complexity index is 757. The highest BCUT2D eigenvalue weighted by atomic mass is 16.2. The summed E-state index contributed by atoms with van der Waals surface area (Å²) in [5.74, 6) is 0.127. The normalized spacial score (nSPS) is 18.3. The van der Waals surface area contributed by atoms with Gasteiger partial charge < -0.3 is 9.47 Å². The predicted molar refractivity (Wildman–Crippen MR) is 98.2 cm³/mol. The minimum Gasteiger partial charge on any atom is -0.337 e. The first kappa shape index (κ1) is 17.4. The van der Waals surface area contributed by atoms with Gasteiger partial charge in [-0.3, -0.25) is 14.5 Å². The Balaban J connectivity index is 1.51. The number of hydrogen-bond donors (Lipinski definition) is 0. The van der Waals surface area contributed by atoms with E-state index in [2.05, 4.69) is 36.1 Å². The summed E-state index contributed by atoms with van der Waals surface area (Å²) in [4.78, 5) is 28.6. The number of benzene rings is 1. The second-order valence-corrected chi connectivity index (χ2v) is 6.64. The highest BCUT2D eigenvalue weighted by Crippen LogP contribution is 2.14. The summed E-state index contributed by atoms with van der Waals surface area (Å²) in [6.07, 6.45) is 2.10. The van der Waals surface area contributed by atoms with E-state index in [4.69, 9.17) is 0 Å². The fourth-order valence-electron chi connectivity index (χ4n) is 3.39. The molecule has 0 unspecified atom stereocenters. The minimum atomic E-state index is -0.0592. The molecule has 2 heterocycles. The summed E-state index contributed by atoms with van der Waals surface area (Å²) >= 11 is 0. The van der Waals surface area contributed by atoms with Gasteiger partial charge >= 0.3 is 0 Å². The third-order valence-electron chi connectivity index (χ3n) is 4.75. The fraction of sp³-hybridized carbons (Fsp3) is 0.400. The van der Waals surface area contributed by atoms with Gasteiger partial charge in [-0.05, 0) is 18.6 Å². The van der Waals surface area contributed by atoms with E-state index < -0.39 is 0 Å². The molecule has 1 aliphatic heterocycles. The number of pyridine rings is 1. The SMILES string of the molecule is C[C@H]1CN(Cc2ccccc2)CCN1C(=O)CCn1ccccc1=O. The number of nitrogens with zero attached hydrogens (tertiary/aromatic N) is 3. The molecule has 5 heteroatoms. The lowest BCUT2D eigenvalue weighted by Crippen LogP contribution is -2.53. The first-order valence-electron chi connectivity index (χ1n) is 8.85. The summed E-state index contributed by atoms with van der Waals surface area (Å²) < 4.78 is 1.59. The van der Waals surface area contributed by atoms with Crippen molar-refractivity contribution in [3.63, 3.8) is 0 Å². The third-order valence-corrected chi connectivity index (χ3v) is 4.75. The van der Waals surface area contributed by atoms with E-state index in [1.807, 2.05) is 17.0 Å². The third kappa shape index (κ3) is 4.57. The van der Waals surface area contributed by atoms with Crippen molar-refractivity contribution < 1.29 is 4.79 Å². The summed E-state index contributed by atoms with van der Waals surface area (Å²) in [7, 11) is 0. The number of hydrogen-bond acceptors (Lipinski definition) is 3. The van der Waals surface area contributed by atoms with Gasteiger partial charge in [0.05, 0.1) is 0 Å². The van der Waals surface area contributed by atoms with Crippen LogP contribution < -0.4 is 5.56 Å². The van der Waals surface area contributed by atoms with Gasteiger partial charge in [-0.25, -0.2) is 0 Å². The van der Waals surface area contributed by atoms with Gasteiger partial charge in [-0.2, -0.15) is 0 Å². The van der Waals surface area contributed by atoms with E-state index in [1.54, 1.807) is 16.8 Å². The summed E-state index contributed by atoms with van der Waals surface area (Å²) in [6, 6.07) is 15.7.